The van der Waals surface area contributed by atoms with Crippen LogP contribution in [0.3, 0.4) is 0 Å². The van der Waals surface area contributed by atoms with Gasteiger partial charge in [0.25, 0.3) is 0 Å². The summed E-state index contributed by atoms with van der Waals surface area (Å²) in [6.07, 6.45) is 4.11. The van der Waals surface area contributed by atoms with Crippen molar-refractivity contribution in [1.29, 1.82) is 0 Å². The van der Waals surface area contributed by atoms with Gasteiger partial charge in [0.05, 0.1) is 0 Å². The van der Waals surface area contributed by atoms with E-state index in [1.54, 1.807) is 6.07 Å². The number of nitrogens with zero attached hydrogens (tertiary/aromatic N) is 1. The van der Waals surface area contributed by atoms with Crippen LogP contribution in [-0.2, 0) is 12.8 Å². The van der Waals surface area contributed by atoms with Gasteiger partial charge in [-0.3, -0.25) is 0 Å². The number of phenolic OH excluding ortho intramolecular Hbond substituents is 1. The summed E-state index contributed by atoms with van der Waals surface area (Å²) in [6.45, 7) is 7.45. The maximum Gasteiger partial charge on any atom is 0.165 e. The molecule has 2 rings (SSSR count). The summed E-state index contributed by atoms with van der Waals surface area (Å²) in [6, 6.07) is 13.4. The first-order valence-electron chi connectivity index (χ1n) is 8.83. The molecule has 0 bridgehead atoms. The summed E-state index contributed by atoms with van der Waals surface area (Å²) in [5.74, 6) is -0.803. The average molecular weight is 329 g/mol. The predicted octanol–water partition coefficient (Wildman–Crippen LogP) is 4.73. The highest BCUT2D eigenvalue weighted by Crippen LogP contribution is 2.17. The lowest BCUT2D eigenvalue weighted by molar-refractivity contribution is 0.281. The monoisotopic (exact) mass is 329 g/mol. The number of rotatable bonds is 9. The van der Waals surface area contributed by atoms with E-state index in [0.717, 1.165) is 50.9 Å². The number of aryl methyl sites for hydroxylation is 3. The third-order valence-corrected chi connectivity index (χ3v) is 4.46. The van der Waals surface area contributed by atoms with Crippen molar-refractivity contribution in [3.63, 3.8) is 0 Å². The second-order valence-electron chi connectivity index (χ2n) is 6.41. The highest BCUT2D eigenvalue weighted by atomic mass is 19.1. The number of phenols is 1. The summed E-state index contributed by atoms with van der Waals surface area (Å²) in [5.41, 5.74) is 3.65. The van der Waals surface area contributed by atoms with Crippen LogP contribution in [-0.4, -0.2) is 29.6 Å². The fourth-order valence-corrected chi connectivity index (χ4v) is 2.90. The van der Waals surface area contributed by atoms with E-state index in [9.17, 15) is 9.50 Å². The highest BCUT2D eigenvalue weighted by molar-refractivity contribution is 5.28. The topological polar surface area (TPSA) is 23.5 Å². The molecule has 0 heterocycles. The molecular weight excluding hydrogens is 301 g/mol. The van der Waals surface area contributed by atoms with Gasteiger partial charge in [-0.15, -0.1) is 0 Å². The first-order valence-corrected chi connectivity index (χ1v) is 8.83. The molecule has 0 saturated carbocycles. The number of aromatic hydroxyl groups is 1. The summed E-state index contributed by atoms with van der Waals surface area (Å²) in [4.78, 5) is 2.45. The molecule has 0 atom stereocenters. The zero-order chi connectivity index (χ0) is 17.4. The molecule has 0 fully saturated rings. The number of hydrogen-bond acceptors (Lipinski definition) is 2. The third kappa shape index (κ3) is 5.97. The van der Waals surface area contributed by atoms with Gasteiger partial charge in [-0.25, -0.2) is 4.39 Å². The molecule has 0 spiro atoms. The minimum atomic E-state index is -0.530. The minimum Gasteiger partial charge on any atom is -0.505 e. The smallest absolute Gasteiger partial charge is 0.165 e. The average Bonchev–Trinajstić information content (AvgIpc) is 2.58. The van der Waals surface area contributed by atoms with E-state index in [0.29, 0.717) is 0 Å². The molecule has 2 aromatic rings. The van der Waals surface area contributed by atoms with Crippen molar-refractivity contribution in [3.8, 4) is 5.75 Å². The third-order valence-electron chi connectivity index (χ3n) is 4.46. The van der Waals surface area contributed by atoms with Crippen molar-refractivity contribution < 1.29 is 9.50 Å². The van der Waals surface area contributed by atoms with Gasteiger partial charge in [-0.05, 0) is 75.5 Å². The SMILES string of the molecule is CCN(CCCc1ccc(C)cc1)CCCc1ccc(O)c(F)c1. The van der Waals surface area contributed by atoms with Crippen LogP contribution in [0.15, 0.2) is 42.5 Å². The summed E-state index contributed by atoms with van der Waals surface area (Å²) >= 11 is 0. The molecule has 0 aromatic heterocycles. The maximum absolute atomic E-state index is 13.3. The van der Waals surface area contributed by atoms with Crippen LogP contribution in [0.2, 0.25) is 0 Å². The summed E-state index contributed by atoms with van der Waals surface area (Å²) in [5, 5.41) is 9.22. The van der Waals surface area contributed by atoms with Gasteiger partial charge in [-0.1, -0.05) is 42.8 Å². The Morgan fingerprint density at radius 1 is 0.917 bits per heavy atom. The van der Waals surface area contributed by atoms with Crippen molar-refractivity contribution >= 4 is 0 Å². The molecule has 0 aliphatic rings. The Bertz CT molecular complexity index is 624. The molecule has 130 valence electrons. The Morgan fingerprint density at radius 3 is 2.08 bits per heavy atom. The fraction of sp³-hybridized carbons (Fsp3) is 0.429. The van der Waals surface area contributed by atoms with Crippen molar-refractivity contribution in [1.82, 2.24) is 4.90 Å². The summed E-state index contributed by atoms with van der Waals surface area (Å²) < 4.78 is 13.3. The van der Waals surface area contributed by atoms with E-state index < -0.39 is 5.82 Å². The minimum absolute atomic E-state index is 0.273. The molecule has 0 aliphatic carbocycles. The Morgan fingerprint density at radius 2 is 1.50 bits per heavy atom. The summed E-state index contributed by atoms with van der Waals surface area (Å²) in [7, 11) is 0. The molecule has 1 N–H and O–H groups in total. The molecule has 24 heavy (non-hydrogen) atoms. The molecule has 0 saturated heterocycles. The maximum atomic E-state index is 13.3. The van der Waals surface area contributed by atoms with Crippen LogP contribution >= 0.6 is 0 Å². The Hall–Kier alpha value is -1.87. The molecule has 2 nitrogen and oxygen atoms in total. The zero-order valence-corrected chi connectivity index (χ0v) is 14.8. The molecule has 0 aliphatic heterocycles. The molecule has 0 radical (unpaired) electrons. The van der Waals surface area contributed by atoms with E-state index in [2.05, 4.69) is 43.0 Å². The number of hydrogen-bond donors (Lipinski definition) is 1. The van der Waals surface area contributed by atoms with Crippen LogP contribution in [0.4, 0.5) is 4.39 Å². The van der Waals surface area contributed by atoms with E-state index in [1.807, 2.05) is 0 Å². The van der Waals surface area contributed by atoms with Crippen LogP contribution in [0, 0.1) is 12.7 Å². The van der Waals surface area contributed by atoms with Gasteiger partial charge < -0.3 is 10.0 Å². The Labute approximate surface area is 144 Å². The second-order valence-corrected chi connectivity index (χ2v) is 6.41. The molecule has 0 amide bonds. The van der Waals surface area contributed by atoms with Crippen LogP contribution < -0.4 is 0 Å². The normalized spacial score (nSPS) is 11.2. The number of benzene rings is 2. The van der Waals surface area contributed by atoms with E-state index >= 15 is 0 Å². The molecule has 0 unspecified atom stereocenters. The molecule has 2 aromatic carbocycles. The standard InChI is InChI=1S/C21H28FNO/c1-3-23(14-4-6-18-10-8-17(2)9-11-18)15-5-7-19-12-13-21(24)20(22)16-19/h8-13,16,24H,3-7,14-15H2,1-2H3. The zero-order valence-electron chi connectivity index (χ0n) is 14.8. The van der Waals surface area contributed by atoms with Crippen molar-refractivity contribution in [2.45, 2.75) is 39.5 Å². The van der Waals surface area contributed by atoms with Gasteiger partial charge in [0.1, 0.15) is 0 Å². The van der Waals surface area contributed by atoms with Gasteiger partial charge in [0, 0.05) is 0 Å². The highest BCUT2D eigenvalue weighted by Gasteiger charge is 2.05. The lowest BCUT2D eigenvalue weighted by atomic mass is 10.1. The van der Waals surface area contributed by atoms with Crippen molar-refractivity contribution in [2.24, 2.45) is 0 Å². The lowest BCUT2D eigenvalue weighted by Crippen LogP contribution is -2.26. The van der Waals surface area contributed by atoms with Gasteiger partial charge >= 0.3 is 0 Å². The van der Waals surface area contributed by atoms with Crippen molar-refractivity contribution in [2.75, 3.05) is 19.6 Å². The van der Waals surface area contributed by atoms with E-state index in [1.165, 1.54) is 23.3 Å². The Kier molecular flexibility index (Phi) is 7.26. The van der Waals surface area contributed by atoms with E-state index in [-0.39, 0.29) is 5.75 Å². The quantitative estimate of drug-likeness (QED) is 0.719. The van der Waals surface area contributed by atoms with Crippen molar-refractivity contribution in [3.05, 3.63) is 65.0 Å². The lowest BCUT2D eigenvalue weighted by Gasteiger charge is -2.20. The first kappa shape index (κ1) is 18.5. The first-order chi connectivity index (χ1) is 11.6. The molecule has 3 heteroatoms. The van der Waals surface area contributed by atoms with Crippen LogP contribution in [0.1, 0.15) is 36.5 Å². The second kappa shape index (κ2) is 9.43. The van der Waals surface area contributed by atoms with Gasteiger partial charge in [0.15, 0.2) is 11.6 Å². The number of halogens is 1. The Balaban J connectivity index is 1.69. The fourth-order valence-electron chi connectivity index (χ4n) is 2.90. The molecular formula is C21H28FNO. The predicted molar refractivity (Wildman–Crippen MR) is 98.0 cm³/mol. The van der Waals surface area contributed by atoms with Gasteiger partial charge in [0.2, 0.25) is 0 Å². The largest absolute Gasteiger partial charge is 0.505 e. The van der Waals surface area contributed by atoms with E-state index in [4.69, 9.17) is 0 Å². The van der Waals surface area contributed by atoms with Crippen LogP contribution in [0.5, 0.6) is 5.75 Å². The van der Waals surface area contributed by atoms with Crippen LogP contribution in [0.25, 0.3) is 0 Å². The van der Waals surface area contributed by atoms with Gasteiger partial charge in [-0.2, -0.15) is 0 Å².